The van der Waals surface area contributed by atoms with E-state index in [1.54, 1.807) is 25.2 Å². The molecule has 2 aliphatic heterocycles. The number of esters is 1. The predicted molar refractivity (Wildman–Crippen MR) is 72.4 cm³/mol. The number of allylic oxidation sites excluding steroid dienone is 1. The summed E-state index contributed by atoms with van der Waals surface area (Å²) in [6.45, 7) is 5.49. The monoisotopic (exact) mass is 280 g/mol. The summed E-state index contributed by atoms with van der Waals surface area (Å²) in [7, 11) is 0. The summed E-state index contributed by atoms with van der Waals surface area (Å²) in [6, 6.07) is 0. The van der Waals surface area contributed by atoms with Crippen LogP contribution in [-0.2, 0) is 19.3 Å². The number of rotatable bonds is 3. The van der Waals surface area contributed by atoms with Crippen molar-refractivity contribution in [3.05, 3.63) is 35.1 Å². The smallest absolute Gasteiger partial charge is 0.339 e. The molecule has 0 aromatic carbocycles. The molecule has 5 heteroatoms. The van der Waals surface area contributed by atoms with Crippen LogP contribution in [-0.4, -0.2) is 29.4 Å². The lowest BCUT2D eigenvalue weighted by Crippen LogP contribution is -2.36. The fourth-order valence-electron chi connectivity index (χ4n) is 2.21. The van der Waals surface area contributed by atoms with Gasteiger partial charge in [-0.15, -0.1) is 0 Å². The van der Waals surface area contributed by atoms with Gasteiger partial charge < -0.3 is 9.84 Å². The van der Waals surface area contributed by atoms with Gasteiger partial charge in [-0.2, -0.15) is 0 Å². The van der Waals surface area contributed by atoms with E-state index < -0.39 is 5.60 Å². The Kier molecular flexibility index (Phi) is 4.42. The maximum Gasteiger partial charge on any atom is 0.339 e. The van der Waals surface area contributed by atoms with Crippen molar-refractivity contribution in [2.75, 3.05) is 6.61 Å². The number of aliphatic hydroxyl groups is 1. The molecule has 20 heavy (non-hydrogen) atoms. The van der Waals surface area contributed by atoms with Crippen LogP contribution in [0.25, 0.3) is 0 Å². The lowest BCUT2D eigenvalue weighted by Gasteiger charge is -2.34. The average Bonchev–Trinajstić information content (AvgIpc) is 2.68. The topological polar surface area (TPSA) is 65.0 Å². The molecule has 2 heterocycles. The Bertz CT molecular complexity index is 478. The molecule has 1 fully saturated rings. The van der Waals surface area contributed by atoms with Crippen LogP contribution in [0.1, 0.15) is 33.6 Å². The van der Waals surface area contributed by atoms with Crippen LogP contribution in [0.5, 0.6) is 0 Å². The highest BCUT2D eigenvalue weighted by Gasteiger charge is 2.34. The van der Waals surface area contributed by atoms with E-state index in [2.05, 4.69) is 0 Å². The second-order valence-corrected chi connectivity index (χ2v) is 5.41. The minimum absolute atomic E-state index is 0.00691. The van der Waals surface area contributed by atoms with Crippen molar-refractivity contribution in [1.29, 1.82) is 0 Å². The van der Waals surface area contributed by atoms with Gasteiger partial charge in [0.1, 0.15) is 17.5 Å². The molecule has 0 aliphatic carbocycles. The van der Waals surface area contributed by atoms with Crippen molar-refractivity contribution in [3.8, 4) is 0 Å². The third-order valence-corrected chi connectivity index (χ3v) is 3.52. The molecule has 0 aromatic rings. The summed E-state index contributed by atoms with van der Waals surface area (Å²) in [5.74, 6) is 0.177. The van der Waals surface area contributed by atoms with Crippen LogP contribution >= 0.6 is 0 Å². The molecule has 0 aromatic heterocycles. The quantitative estimate of drug-likeness (QED) is 0.487. The van der Waals surface area contributed by atoms with Crippen LogP contribution in [0.15, 0.2) is 35.1 Å². The standard InChI is InChI=1S/C15H20O5/c1-10(5-7-16)13-4-6-15(3,20-19-13)9-12-8-11(2)14(17)18-12/h5,8-9,13,16H,4,6-7H2,1-3H3/b10-5-,12-9+/t13-,15+/m0/s1. The van der Waals surface area contributed by atoms with E-state index in [4.69, 9.17) is 19.6 Å². The molecule has 0 amide bonds. The number of carbonyl (C=O) groups is 1. The number of aliphatic hydroxyl groups excluding tert-OH is 1. The second-order valence-electron chi connectivity index (χ2n) is 5.41. The Balaban J connectivity index is 2.00. The maximum atomic E-state index is 11.3. The Labute approximate surface area is 118 Å². The second kappa shape index (κ2) is 5.91. The SMILES string of the molecule is CC1=C/C(=C\[C@@]2(C)CC[C@@H](/C(C)=C\CO)OO2)OC1=O. The molecule has 2 aliphatic rings. The number of ether oxygens (including phenoxy) is 1. The van der Waals surface area contributed by atoms with Crippen LogP contribution in [0.2, 0.25) is 0 Å². The summed E-state index contributed by atoms with van der Waals surface area (Å²) in [5.41, 5.74) is 0.911. The van der Waals surface area contributed by atoms with Gasteiger partial charge in [0.15, 0.2) is 0 Å². The van der Waals surface area contributed by atoms with E-state index >= 15 is 0 Å². The number of hydrogen-bond acceptors (Lipinski definition) is 5. The Morgan fingerprint density at radius 2 is 2.35 bits per heavy atom. The van der Waals surface area contributed by atoms with Gasteiger partial charge >= 0.3 is 5.97 Å². The number of hydrogen-bond donors (Lipinski definition) is 1. The molecule has 2 atom stereocenters. The van der Waals surface area contributed by atoms with Crippen LogP contribution in [0.4, 0.5) is 0 Å². The third kappa shape index (κ3) is 3.36. The average molecular weight is 280 g/mol. The fourth-order valence-corrected chi connectivity index (χ4v) is 2.21. The lowest BCUT2D eigenvalue weighted by molar-refractivity contribution is -0.386. The van der Waals surface area contributed by atoms with Gasteiger partial charge in [0.25, 0.3) is 0 Å². The van der Waals surface area contributed by atoms with Crippen molar-refractivity contribution in [3.63, 3.8) is 0 Å². The number of carbonyl (C=O) groups excluding carboxylic acids is 1. The first-order chi connectivity index (χ1) is 9.43. The summed E-state index contributed by atoms with van der Waals surface area (Å²) < 4.78 is 5.10. The van der Waals surface area contributed by atoms with Gasteiger partial charge in [-0.05, 0) is 51.3 Å². The molecular formula is C15H20O5. The first kappa shape index (κ1) is 15.0. The van der Waals surface area contributed by atoms with Gasteiger partial charge in [-0.3, -0.25) is 0 Å². The molecule has 5 nitrogen and oxygen atoms in total. The predicted octanol–water partition coefficient (Wildman–Crippen LogP) is 2.18. The van der Waals surface area contributed by atoms with Crippen molar-refractivity contribution in [2.45, 2.75) is 45.3 Å². The van der Waals surface area contributed by atoms with E-state index in [-0.39, 0.29) is 18.7 Å². The lowest BCUT2D eigenvalue weighted by atomic mass is 9.93. The highest BCUT2D eigenvalue weighted by molar-refractivity contribution is 5.92. The van der Waals surface area contributed by atoms with Gasteiger partial charge in [0, 0.05) is 5.57 Å². The van der Waals surface area contributed by atoms with E-state index in [0.717, 1.165) is 18.4 Å². The molecule has 2 rings (SSSR count). The molecule has 0 radical (unpaired) electrons. The molecule has 0 spiro atoms. The van der Waals surface area contributed by atoms with Gasteiger partial charge in [-0.25, -0.2) is 14.6 Å². The minimum atomic E-state index is -0.618. The Morgan fingerprint density at radius 1 is 1.60 bits per heavy atom. The van der Waals surface area contributed by atoms with Crippen molar-refractivity contribution >= 4 is 5.97 Å². The molecule has 0 bridgehead atoms. The van der Waals surface area contributed by atoms with Gasteiger partial charge in [0.2, 0.25) is 0 Å². The largest absolute Gasteiger partial charge is 0.423 e. The van der Waals surface area contributed by atoms with E-state index in [0.29, 0.717) is 11.3 Å². The molecule has 0 saturated carbocycles. The summed E-state index contributed by atoms with van der Waals surface area (Å²) in [4.78, 5) is 22.2. The Morgan fingerprint density at radius 3 is 2.85 bits per heavy atom. The van der Waals surface area contributed by atoms with E-state index in [1.165, 1.54) is 0 Å². The van der Waals surface area contributed by atoms with Crippen molar-refractivity contribution < 1.29 is 24.4 Å². The molecule has 1 saturated heterocycles. The third-order valence-electron chi connectivity index (χ3n) is 3.52. The maximum absolute atomic E-state index is 11.3. The zero-order valence-corrected chi connectivity index (χ0v) is 12.0. The molecule has 0 unspecified atom stereocenters. The van der Waals surface area contributed by atoms with Gasteiger partial charge in [0.05, 0.1) is 6.61 Å². The van der Waals surface area contributed by atoms with Crippen LogP contribution in [0.3, 0.4) is 0 Å². The van der Waals surface area contributed by atoms with Gasteiger partial charge in [-0.1, -0.05) is 6.08 Å². The normalized spacial score (nSPS) is 33.3. The molecular weight excluding hydrogens is 260 g/mol. The van der Waals surface area contributed by atoms with Crippen molar-refractivity contribution in [2.24, 2.45) is 0 Å². The summed E-state index contributed by atoms with van der Waals surface area (Å²) in [5, 5.41) is 8.87. The first-order valence-corrected chi connectivity index (χ1v) is 6.69. The highest BCUT2D eigenvalue weighted by atomic mass is 17.2. The van der Waals surface area contributed by atoms with Crippen LogP contribution in [0, 0.1) is 0 Å². The zero-order valence-electron chi connectivity index (χ0n) is 12.0. The minimum Gasteiger partial charge on any atom is -0.423 e. The van der Waals surface area contributed by atoms with Crippen LogP contribution < -0.4 is 0 Å². The van der Waals surface area contributed by atoms with E-state index in [9.17, 15) is 4.79 Å². The summed E-state index contributed by atoms with van der Waals surface area (Å²) in [6.07, 6.45) is 6.54. The zero-order chi connectivity index (χ0) is 14.8. The first-order valence-electron chi connectivity index (χ1n) is 6.69. The molecule has 1 N–H and O–H groups in total. The molecule has 110 valence electrons. The number of cyclic esters (lactones) is 1. The van der Waals surface area contributed by atoms with Crippen molar-refractivity contribution in [1.82, 2.24) is 0 Å². The fraction of sp³-hybridized carbons (Fsp3) is 0.533. The Hall–Kier alpha value is -1.43. The highest BCUT2D eigenvalue weighted by Crippen LogP contribution is 2.32. The summed E-state index contributed by atoms with van der Waals surface area (Å²) >= 11 is 0. The van der Waals surface area contributed by atoms with E-state index in [1.807, 2.05) is 13.8 Å².